The maximum atomic E-state index is 13.5. The van der Waals surface area contributed by atoms with Crippen LogP contribution in [0.15, 0.2) is 18.3 Å². The monoisotopic (exact) mass is 327 g/mol. The molecule has 0 saturated carbocycles. The zero-order valence-corrected chi connectivity index (χ0v) is 12.9. The van der Waals surface area contributed by atoms with Gasteiger partial charge in [0, 0.05) is 28.9 Å². The lowest BCUT2D eigenvalue weighted by Gasteiger charge is -2.09. The molecule has 8 heteroatoms. The Morgan fingerprint density at radius 2 is 2.05 bits per heavy atom. The number of hydrogen-bond acceptors (Lipinski definition) is 4. The van der Waals surface area contributed by atoms with Gasteiger partial charge in [0.05, 0.1) is 13.7 Å². The van der Waals surface area contributed by atoms with Crippen LogP contribution in [0.4, 0.5) is 19.3 Å². The van der Waals surface area contributed by atoms with Crippen LogP contribution in [0, 0.1) is 11.6 Å². The average molecular weight is 327 g/mol. The number of ether oxygens (including phenoxy) is 1. The average Bonchev–Trinajstić information content (AvgIpc) is 2.93. The summed E-state index contributed by atoms with van der Waals surface area (Å²) >= 11 is 1.50. The van der Waals surface area contributed by atoms with Crippen molar-refractivity contribution in [1.82, 2.24) is 10.3 Å². The molecular formula is C14H15F2N3O2S. The van der Waals surface area contributed by atoms with E-state index in [4.69, 9.17) is 0 Å². The minimum atomic E-state index is -0.884. The molecule has 1 aromatic carbocycles. The minimum Gasteiger partial charge on any atom is -0.491 e. The highest BCUT2D eigenvalue weighted by Gasteiger charge is 2.13. The summed E-state index contributed by atoms with van der Waals surface area (Å²) in [6.07, 6.45) is 2.64. The molecule has 0 bridgehead atoms. The summed E-state index contributed by atoms with van der Waals surface area (Å²) in [6.45, 7) is 2.27. The zero-order valence-electron chi connectivity index (χ0n) is 12.1. The molecule has 0 aliphatic rings. The van der Waals surface area contributed by atoms with Crippen molar-refractivity contribution in [3.05, 3.63) is 39.8 Å². The van der Waals surface area contributed by atoms with Crippen molar-refractivity contribution in [2.45, 2.75) is 19.9 Å². The molecule has 1 aromatic heterocycles. The number of nitrogens with one attached hydrogen (secondary N) is 2. The van der Waals surface area contributed by atoms with Crippen molar-refractivity contribution in [2.75, 3.05) is 12.4 Å². The summed E-state index contributed by atoms with van der Waals surface area (Å²) in [5.74, 6) is -2.25. The summed E-state index contributed by atoms with van der Waals surface area (Å²) in [4.78, 5) is 17.0. The Bertz CT molecular complexity index is 653. The minimum absolute atomic E-state index is 0.00156. The molecular weight excluding hydrogens is 312 g/mol. The van der Waals surface area contributed by atoms with Gasteiger partial charge < -0.3 is 15.4 Å². The van der Waals surface area contributed by atoms with Crippen molar-refractivity contribution in [3.63, 3.8) is 0 Å². The van der Waals surface area contributed by atoms with Crippen LogP contribution in [-0.2, 0) is 13.0 Å². The Hall–Kier alpha value is -2.22. The number of amides is 2. The van der Waals surface area contributed by atoms with Gasteiger partial charge in [0.25, 0.3) is 0 Å². The predicted molar refractivity (Wildman–Crippen MR) is 80.3 cm³/mol. The number of hydrogen-bond donors (Lipinski definition) is 2. The number of anilines is 1. The highest BCUT2D eigenvalue weighted by molar-refractivity contribution is 7.11. The molecule has 2 amide bonds. The van der Waals surface area contributed by atoms with Crippen LogP contribution in [-0.4, -0.2) is 18.1 Å². The second-order valence-corrected chi connectivity index (χ2v) is 5.55. The molecule has 0 radical (unpaired) electrons. The molecule has 2 N–H and O–H groups in total. The van der Waals surface area contributed by atoms with Gasteiger partial charge in [-0.15, -0.1) is 11.3 Å². The number of carbonyl (C=O) groups is 1. The van der Waals surface area contributed by atoms with Gasteiger partial charge in [0.15, 0.2) is 17.4 Å². The van der Waals surface area contributed by atoms with Crippen LogP contribution >= 0.6 is 11.3 Å². The maximum absolute atomic E-state index is 13.5. The first kappa shape index (κ1) is 16.2. The number of methoxy groups -OCH3 is 1. The number of thiazole rings is 1. The van der Waals surface area contributed by atoms with Gasteiger partial charge in [0.2, 0.25) is 0 Å². The number of rotatable bonds is 5. The molecule has 2 rings (SSSR count). The van der Waals surface area contributed by atoms with Crippen LogP contribution in [0.1, 0.15) is 16.8 Å². The summed E-state index contributed by atoms with van der Waals surface area (Å²) in [5, 5.41) is 5.69. The second-order valence-electron chi connectivity index (χ2n) is 4.35. The number of halogens is 2. The van der Waals surface area contributed by atoms with E-state index in [0.29, 0.717) is 0 Å². The molecule has 118 valence electrons. The van der Waals surface area contributed by atoms with E-state index in [1.54, 1.807) is 6.20 Å². The Morgan fingerprint density at radius 1 is 1.36 bits per heavy atom. The van der Waals surface area contributed by atoms with Crippen molar-refractivity contribution < 1.29 is 18.3 Å². The van der Waals surface area contributed by atoms with E-state index in [9.17, 15) is 13.6 Å². The summed E-state index contributed by atoms with van der Waals surface area (Å²) in [5.41, 5.74) is 0.00156. The molecule has 0 fully saturated rings. The fourth-order valence-electron chi connectivity index (χ4n) is 1.75. The highest BCUT2D eigenvalue weighted by atomic mass is 32.1. The van der Waals surface area contributed by atoms with Gasteiger partial charge in [-0.3, -0.25) is 0 Å². The Balaban J connectivity index is 1.94. The van der Waals surface area contributed by atoms with E-state index < -0.39 is 23.4 Å². The van der Waals surface area contributed by atoms with E-state index in [-0.39, 0.29) is 12.2 Å². The lowest BCUT2D eigenvalue weighted by molar-refractivity contribution is 0.251. The first-order chi connectivity index (χ1) is 10.5. The van der Waals surface area contributed by atoms with Crippen molar-refractivity contribution in [2.24, 2.45) is 0 Å². The zero-order chi connectivity index (χ0) is 16.1. The lowest BCUT2D eigenvalue weighted by Crippen LogP contribution is -2.28. The van der Waals surface area contributed by atoms with Crippen LogP contribution in [0.25, 0.3) is 0 Å². The van der Waals surface area contributed by atoms with Gasteiger partial charge in [-0.05, 0) is 6.42 Å². The number of carbonyl (C=O) groups excluding carboxylic acids is 1. The highest BCUT2D eigenvalue weighted by Crippen LogP contribution is 2.25. The van der Waals surface area contributed by atoms with E-state index in [1.807, 2.05) is 6.92 Å². The maximum Gasteiger partial charge on any atom is 0.319 e. The molecule has 5 nitrogen and oxygen atoms in total. The third kappa shape index (κ3) is 3.91. The number of aromatic nitrogens is 1. The molecule has 0 aliphatic carbocycles. The molecule has 0 aliphatic heterocycles. The molecule has 0 saturated heterocycles. The Labute approximate surface area is 130 Å². The SMILES string of the molecule is CCc1cnc(CNC(=O)Nc2cc(F)c(OC)c(F)c2)s1. The Morgan fingerprint density at radius 3 is 2.59 bits per heavy atom. The van der Waals surface area contributed by atoms with Gasteiger partial charge in [-0.1, -0.05) is 6.92 Å². The molecule has 0 unspecified atom stereocenters. The van der Waals surface area contributed by atoms with Crippen LogP contribution < -0.4 is 15.4 Å². The fraction of sp³-hybridized carbons (Fsp3) is 0.286. The third-order valence-electron chi connectivity index (χ3n) is 2.81. The summed E-state index contributed by atoms with van der Waals surface area (Å²) in [6, 6.07) is 1.40. The quantitative estimate of drug-likeness (QED) is 0.885. The number of urea groups is 1. The van der Waals surface area contributed by atoms with E-state index in [1.165, 1.54) is 18.4 Å². The second kappa shape index (κ2) is 7.17. The summed E-state index contributed by atoms with van der Waals surface area (Å²) < 4.78 is 31.6. The lowest BCUT2D eigenvalue weighted by atomic mass is 10.2. The normalized spacial score (nSPS) is 10.4. The van der Waals surface area contributed by atoms with E-state index >= 15 is 0 Å². The van der Waals surface area contributed by atoms with Gasteiger partial charge in [-0.2, -0.15) is 0 Å². The van der Waals surface area contributed by atoms with Gasteiger partial charge in [-0.25, -0.2) is 18.6 Å². The fourth-order valence-corrected chi connectivity index (χ4v) is 2.55. The standard InChI is InChI=1S/C14H15F2N3O2S/c1-3-9-6-17-12(22-9)7-18-14(20)19-8-4-10(15)13(21-2)11(16)5-8/h4-6H,3,7H2,1-2H3,(H2,18,19,20). The molecule has 22 heavy (non-hydrogen) atoms. The Kier molecular flexibility index (Phi) is 5.26. The van der Waals surface area contributed by atoms with Crippen molar-refractivity contribution in [3.8, 4) is 5.75 Å². The molecule has 2 aromatic rings. The number of benzene rings is 1. The van der Waals surface area contributed by atoms with E-state index in [2.05, 4.69) is 20.4 Å². The van der Waals surface area contributed by atoms with E-state index in [0.717, 1.165) is 28.4 Å². The third-order valence-corrected chi connectivity index (χ3v) is 3.95. The molecule has 0 spiro atoms. The molecule has 0 atom stereocenters. The molecule has 1 heterocycles. The van der Waals surface area contributed by atoms with Gasteiger partial charge >= 0.3 is 6.03 Å². The summed E-state index contributed by atoms with van der Waals surface area (Å²) in [7, 11) is 1.17. The van der Waals surface area contributed by atoms with Crippen LogP contribution in [0.2, 0.25) is 0 Å². The first-order valence-corrected chi connectivity index (χ1v) is 7.36. The first-order valence-electron chi connectivity index (χ1n) is 6.55. The van der Waals surface area contributed by atoms with Gasteiger partial charge in [0.1, 0.15) is 5.01 Å². The largest absolute Gasteiger partial charge is 0.491 e. The predicted octanol–water partition coefficient (Wildman–Crippen LogP) is 3.31. The smallest absolute Gasteiger partial charge is 0.319 e. The van der Waals surface area contributed by atoms with Crippen molar-refractivity contribution >= 4 is 23.1 Å². The van der Waals surface area contributed by atoms with Crippen molar-refractivity contribution in [1.29, 1.82) is 0 Å². The van der Waals surface area contributed by atoms with Crippen LogP contribution in [0.3, 0.4) is 0 Å². The van der Waals surface area contributed by atoms with Crippen LogP contribution in [0.5, 0.6) is 5.75 Å². The number of aryl methyl sites for hydroxylation is 1. The number of nitrogens with zero attached hydrogens (tertiary/aromatic N) is 1. The topological polar surface area (TPSA) is 63.2 Å².